The summed E-state index contributed by atoms with van der Waals surface area (Å²) in [7, 11) is 0. The summed E-state index contributed by atoms with van der Waals surface area (Å²) in [5.41, 5.74) is 3.90. The fourth-order valence-electron chi connectivity index (χ4n) is 3.66. The molecular formula is C26H23ClFN3O3. The number of esters is 1. The topological polar surface area (TPSA) is 87.8 Å². The number of halogens is 2. The van der Waals surface area contributed by atoms with Crippen LogP contribution >= 0.6 is 11.6 Å². The predicted octanol–water partition coefficient (Wildman–Crippen LogP) is 4.99. The van der Waals surface area contributed by atoms with Crippen molar-refractivity contribution in [3.05, 3.63) is 116 Å². The molecule has 0 aliphatic rings. The summed E-state index contributed by atoms with van der Waals surface area (Å²) in [5.74, 6) is -1.10. The third-order valence-electron chi connectivity index (χ3n) is 5.38. The smallest absolute Gasteiger partial charge is 0.360 e. The molecule has 174 valence electrons. The number of aromatic nitrogens is 3. The second-order valence-electron chi connectivity index (χ2n) is 8.13. The molecule has 2 heterocycles. The number of hydrogen-bond acceptors (Lipinski definition) is 4. The Bertz CT molecular complexity index is 1340. The molecule has 0 amide bonds. The highest BCUT2D eigenvalue weighted by Crippen LogP contribution is 2.15. The normalized spacial score (nSPS) is 10.9. The van der Waals surface area contributed by atoms with Crippen molar-refractivity contribution in [2.45, 2.75) is 32.6 Å². The van der Waals surface area contributed by atoms with E-state index in [0.29, 0.717) is 23.6 Å². The summed E-state index contributed by atoms with van der Waals surface area (Å²) in [4.78, 5) is 27.6. The Morgan fingerprint density at radius 3 is 2.47 bits per heavy atom. The summed E-state index contributed by atoms with van der Waals surface area (Å²) < 4.78 is 18.9. The van der Waals surface area contributed by atoms with E-state index < -0.39 is 11.5 Å². The molecule has 0 saturated heterocycles. The average molecular weight is 480 g/mol. The Hall–Kier alpha value is -3.71. The molecule has 2 aromatic carbocycles. The summed E-state index contributed by atoms with van der Waals surface area (Å²) in [6, 6.07) is 15.6. The highest BCUT2D eigenvalue weighted by molar-refractivity contribution is 6.30. The van der Waals surface area contributed by atoms with Crippen LogP contribution in [0.4, 0.5) is 4.39 Å². The van der Waals surface area contributed by atoms with Crippen molar-refractivity contribution in [1.82, 2.24) is 15.2 Å². The molecule has 2 N–H and O–H groups in total. The lowest BCUT2D eigenvalue weighted by Crippen LogP contribution is -2.18. The Kier molecular flexibility index (Phi) is 7.23. The number of aryl methyl sites for hydroxylation is 5. The molecule has 0 aliphatic heterocycles. The molecule has 0 saturated carbocycles. The number of rotatable bonds is 8. The fourth-order valence-corrected chi connectivity index (χ4v) is 3.78. The number of aromatic amines is 2. The van der Waals surface area contributed by atoms with Crippen molar-refractivity contribution in [2.75, 3.05) is 0 Å². The van der Waals surface area contributed by atoms with Crippen LogP contribution in [-0.2, 0) is 25.7 Å². The number of ether oxygens (including phenoxy) is 1. The lowest BCUT2D eigenvalue weighted by atomic mass is 10.1. The minimum absolute atomic E-state index is 0.136. The highest BCUT2D eigenvalue weighted by Gasteiger charge is 2.15. The summed E-state index contributed by atoms with van der Waals surface area (Å²) in [6.07, 6.45) is 4.24. The number of nitrogens with zero attached hydrogens (tertiary/aromatic N) is 1. The van der Waals surface area contributed by atoms with Crippen molar-refractivity contribution in [1.29, 1.82) is 0 Å². The quantitative estimate of drug-likeness (QED) is 0.348. The van der Waals surface area contributed by atoms with Crippen LogP contribution in [0.5, 0.6) is 5.75 Å². The lowest BCUT2D eigenvalue weighted by Gasteiger charge is -2.06. The van der Waals surface area contributed by atoms with Crippen LogP contribution in [0.1, 0.15) is 38.4 Å². The van der Waals surface area contributed by atoms with Gasteiger partial charge in [0.25, 0.3) is 0 Å². The van der Waals surface area contributed by atoms with Crippen molar-refractivity contribution < 1.29 is 13.9 Å². The Balaban J connectivity index is 1.37. The van der Waals surface area contributed by atoms with Gasteiger partial charge in [0.05, 0.1) is 5.69 Å². The van der Waals surface area contributed by atoms with E-state index in [1.54, 1.807) is 12.3 Å². The third-order valence-corrected chi connectivity index (χ3v) is 5.63. The molecule has 0 atom stereocenters. The Morgan fingerprint density at radius 1 is 0.971 bits per heavy atom. The minimum atomic E-state index is -0.666. The summed E-state index contributed by atoms with van der Waals surface area (Å²) >= 11 is 5.91. The second kappa shape index (κ2) is 10.5. The van der Waals surface area contributed by atoms with E-state index in [0.717, 1.165) is 35.1 Å². The molecule has 0 fully saturated rings. The standard InChI is InChI=1S/C26H23ClFN3O3/c1-16-10-18(12-21(28)11-16)6-9-22-14-24(25(32)31-30-22)34-26(33)23-13-19(15-29-23)3-2-17-4-7-20(27)8-5-17/h4-5,7-8,10-15,29H,2-3,6,9H2,1H3,(H,31,32). The maximum atomic E-state index is 13.6. The molecule has 4 aromatic rings. The van der Waals surface area contributed by atoms with Gasteiger partial charge in [0, 0.05) is 17.3 Å². The number of nitrogens with one attached hydrogen (secondary N) is 2. The van der Waals surface area contributed by atoms with Gasteiger partial charge in [-0.3, -0.25) is 4.79 Å². The lowest BCUT2D eigenvalue weighted by molar-refractivity contribution is 0.0726. The van der Waals surface area contributed by atoms with Crippen molar-refractivity contribution in [3.63, 3.8) is 0 Å². The van der Waals surface area contributed by atoms with Crippen LogP contribution in [-0.4, -0.2) is 21.2 Å². The van der Waals surface area contributed by atoms with Gasteiger partial charge in [-0.05, 0) is 85.2 Å². The van der Waals surface area contributed by atoms with Crippen molar-refractivity contribution in [2.24, 2.45) is 0 Å². The number of hydrogen-bond donors (Lipinski definition) is 2. The first-order valence-electron chi connectivity index (χ1n) is 10.8. The first kappa shape index (κ1) is 23.4. The maximum Gasteiger partial charge on any atom is 0.360 e. The summed E-state index contributed by atoms with van der Waals surface area (Å²) in [6.45, 7) is 1.83. The van der Waals surface area contributed by atoms with Gasteiger partial charge in [-0.15, -0.1) is 0 Å². The van der Waals surface area contributed by atoms with Gasteiger partial charge in [0.2, 0.25) is 0 Å². The minimum Gasteiger partial charge on any atom is -0.416 e. The van der Waals surface area contributed by atoms with Gasteiger partial charge in [-0.1, -0.05) is 29.8 Å². The molecule has 0 unspecified atom stereocenters. The molecular weight excluding hydrogens is 457 g/mol. The zero-order valence-electron chi connectivity index (χ0n) is 18.5. The van der Waals surface area contributed by atoms with Crippen LogP contribution in [0.25, 0.3) is 0 Å². The third kappa shape index (κ3) is 6.20. The number of carbonyl (C=O) groups excluding carboxylic acids is 1. The van der Waals surface area contributed by atoms with Crippen molar-refractivity contribution in [3.8, 4) is 5.75 Å². The Labute approximate surface area is 200 Å². The number of H-pyrrole nitrogens is 2. The molecule has 0 aliphatic carbocycles. The largest absolute Gasteiger partial charge is 0.416 e. The van der Waals surface area contributed by atoms with E-state index >= 15 is 0 Å². The number of benzene rings is 2. The van der Waals surface area contributed by atoms with Crippen LogP contribution < -0.4 is 10.3 Å². The predicted molar refractivity (Wildman–Crippen MR) is 128 cm³/mol. The van der Waals surface area contributed by atoms with Gasteiger partial charge in [-0.25, -0.2) is 14.3 Å². The number of carbonyl (C=O) groups is 1. The summed E-state index contributed by atoms with van der Waals surface area (Å²) in [5, 5.41) is 7.05. The first-order chi connectivity index (χ1) is 16.4. The average Bonchev–Trinajstić information content (AvgIpc) is 3.28. The highest BCUT2D eigenvalue weighted by atomic mass is 35.5. The van der Waals surface area contributed by atoms with Crippen LogP contribution in [0.2, 0.25) is 5.02 Å². The zero-order chi connectivity index (χ0) is 24.1. The van der Waals surface area contributed by atoms with E-state index in [2.05, 4.69) is 15.2 Å². The second-order valence-corrected chi connectivity index (χ2v) is 8.56. The van der Waals surface area contributed by atoms with Gasteiger partial charge in [0.15, 0.2) is 5.75 Å². The molecule has 0 bridgehead atoms. The first-order valence-corrected chi connectivity index (χ1v) is 11.2. The van der Waals surface area contributed by atoms with E-state index in [9.17, 15) is 14.0 Å². The van der Waals surface area contributed by atoms with Crippen molar-refractivity contribution >= 4 is 17.6 Å². The van der Waals surface area contributed by atoms with Crippen LogP contribution in [0.15, 0.2) is 65.6 Å². The van der Waals surface area contributed by atoms with E-state index in [-0.39, 0.29) is 17.3 Å². The SMILES string of the molecule is Cc1cc(F)cc(CCc2cc(OC(=O)c3cc(CCc4ccc(Cl)cc4)c[nH]3)c(=O)[nH]n2)c1. The monoisotopic (exact) mass is 479 g/mol. The van der Waals surface area contributed by atoms with Gasteiger partial charge in [0.1, 0.15) is 11.5 Å². The molecule has 0 radical (unpaired) electrons. The van der Waals surface area contributed by atoms with E-state index in [4.69, 9.17) is 16.3 Å². The molecule has 2 aromatic heterocycles. The zero-order valence-corrected chi connectivity index (χ0v) is 19.3. The van der Waals surface area contributed by atoms with Crippen LogP contribution in [0, 0.1) is 12.7 Å². The molecule has 4 rings (SSSR count). The maximum absolute atomic E-state index is 13.6. The fraction of sp³-hybridized carbons (Fsp3) is 0.192. The molecule has 34 heavy (non-hydrogen) atoms. The van der Waals surface area contributed by atoms with Crippen LogP contribution in [0.3, 0.4) is 0 Å². The van der Waals surface area contributed by atoms with Gasteiger partial charge < -0.3 is 9.72 Å². The molecule has 0 spiro atoms. The Morgan fingerprint density at radius 2 is 1.71 bits per heavy atom. The molecule has 8 heteroatoms. The van der Waals surface area contributed by atoms with Gasteiger partial charge in [-0.2, -0.15) is 5.10 Å². The van der Waals surface area contributed by atoms with E-state index in [1.807, 2.05) is 37.3 Å². The van der Waals surface area contributed by atoms with E-state index in [1.165, 1.54) is 18.2 Å². The van der Waals surface area contributed by atoms with Gasteiger partial charge >= 0.3 is 11.5 Å². The molecule has 6 nitrogen and oxygen atoms in total.